The predicted molar refractivity (Wildman–Crippen MR) is 93.4 cm³/mol. The highest BCUT2D eigenvalue weighted by Gasteiger charge is 2.34. The SMILES string of the molecule is COc1ccc(S[C@H](C)C(=O)Nc2ccc(Cl)cc2C(F)(F)F)cc1. The minimum absolute atomic E-state index is 0.0500. The maximum Gasteiger partial charge on any atom is 0.418 e. The van der Waals surface area contributed by atoms with Crippen molar-refractivity contribution in [2.75, 3.05) is 12.4 Å². The van der Waals surface area contributed by atoms with Crippen LogP contribution in [0.15, 0.2) is 47.4 Å². The minimum Gasteiger partial charge on any atom is -0.497 e. The summed E-state index contributed by atoms with van der Waals surface area (Å²) in [7, 11) is 1.54. The van der Waals surface area contributed by atoms with Crippen LogP contribution in [0.5, 0.6) is 5.75 Å². The highest BCUT2D eigenvalue weighted by Crippen LogP contribution is 2.37. The van der Waals surface area contributed by atoms with E-state index >= 15 is 0 Å². The summed E-state index contributed by atoms with van der Waals surface area (Å²) in [6.45, 7) is 1.62. The third-order valence-electron chi connectivity index (χ3n) is 3.29. The van der Waals surface area contributed by atoms with Gasteiger partial charge in [0.05, 0.1) is 23.6 Å². The molecule has 0 aliphatic rings. The zero-order valence-corrected chi connectivity index (χ0v) is 14.9. The highest BCUT2D eigenvalue weighted by molar-refractivity contribution is 8.00. The molecule has 0 radical (unpaired) electrons. The van der Waals surface area contributed by atoms with E-state index in [2.05, 4.69) is 5.32 Å². The van der Waals surface area contributed by atoms with Gasteiger partial charge >= 0.3 is 6.18 Å². The van der Waals surface area contributed by atoms with E-state index in [9.17, 15) is 18.0 Å². The lowest BCUT2D eigenvalue weighted by molar-refractivity contribution is -0.137. The van der Waals surface area contributed by atoms with Crippen LogP contribution >= 0.6 is 23.4 Å². The number of anilines is 1. The van der Waals surface area contributed by atoms with Gasteiger partial charge in [0, 0.05) is 9.92 Å². The van der Waals surface area contributed by atoms with Crippen LogP contribution in [0.1, 0.15) is 12.5 Å². The molecule has 8 heteroatoms. The molecule has 3 nitrogen and oxygen atoms in total. The standard InChI is InChI=1S/C17H15ClF3NO2S/c1-10(25-13-6-4-12(24-2)5-7-13)16(23)22-15-8-3-11(18)9-14(15)17(19,20)21/h3-10H,1-2H3,(H,22,23)/t10-/m1/s1. The zero-order chi connectivity index (χ0) is 18.6. The number of hydrogen-bond acceptors (Lipinski definition) is 3. The number of carbonyl (C=O) groups is 1. The van der Waals surface area contributed by atoms with Crippen molar-refractivity contribution in [3.05, 3.63) is 53.1 Å². The molecular formula is C17H15ClF3NO2S. The van der Waals surface area contributed by atoms with Gasteiger partial charge in [-0.3, -0.25) is 4.79 Å². The van der Waals surface area contributed by atoms with Gasteiger partial charge in [0.2, 0.25) is 5.91 Å². The van der Waals surface area contributed by atoms with E-state index < -0.39 is 22.9 Å². The van der Waals surface area contributed by atoms with Crippen molar-refractivity contribution in [2.24, 2.45) is 0 Å². The number of ether oxygens (including phenoxy) is 1. The Morgan fingerprint density at radius 1 is 1.20 bits per heavy atom. The largest absolute Gasteiger partial charge is 0.497 e. The van der Waals surface area contributed by atoms with Crippen LogP contribution in [0.3, 0.4) is 0 Å². The molecule has 0 unspecified atom stereocenters. The topological polar surface area (TPSA) is 38.3 Å². The van der Waals surface area contributed by atoms with Crippen LogP contribution in [0, 0.1) is 0 Å². The molecule has 134 valence electrons. The third kappa shape index (κ3) is 5.31. The Labute approximate surface area is 152 Å². The second-order valence-electron chi connectivity index (χ2n) is 5.11. The fourth-order valence-electron chi connectivity index (χ4n) is 2.01. The Hall–Kier alpha value is -1.86. The number of hydrogen-bond donors (Lipinski definition) is 1. The van der Waals surface area contributed by atoms with Gasteiger partial charge in [0.1, 0.15) is 5.75 Å². The summed E-state index contributed by atoms with van der Waals surface area (Å²) in [6, 6.07) is 10.3. The summed E-state index contributed by atoms with van der Waals surface area (Å²) >= 11 is 6.86. The van der Waals surface area contributed by atoms with Crippen molar-refractivity contribution in [3.63, 3.8) is 0 Å². The number of amides is 1. The lowest BCUT2D eigenvalue weighted by Crippen LogP contribution is -2.24. The van der Waals surface area contributed by atoms with E-state index in [0.29, 0.717) is 5.75 Å². The number of thioether (sulfide) groups is 1. The molecule has 2 aromatic carbocycles. The number of rotatable bonds is 5. The fraction of sp³-hybridized carbons (Fsp3) is 0.235. The van der Waals surface area contributed by atoms with E-state index in [1.165, 1.54) is 17.8 Å². The summed E-state index contributed by atoms with van der Waals surface area (Å²) in [6.07, 6.45) is -4.61. The monoisotopic (exact) mass is 389 g/mol. The number of alkyl halides is 3. The van der Waals surface area contributed by atoms with Gasteiger partial charge in [-0.05, 0) is 49.4 Å². The van der Waals surface area contributed by atoms with E-state index in [1.54, 1.807) is 38.3 Å². The van der Waals surface area contributed by atoms with Gasteiger partial charge in [-0.25, -0.2) is 0 Å². The van der Waals surface area contributed by atoms with Crippen molar-refractivity contribution in [1.82, 2.24) is 0 Å². The van der Waals surface area contributed by atoms with Crippen molar-refractivity contribution in [3.8, 4) is 5.75 Å². The van der Waals surface area contributed by atoms with Gasteiger partial charge in [0.15, 0.2) is 0 Å². The minimum atomic E-state index is -4.61. The molecule has 0 saturated carbocycles. The number of halogens is 4. The Morgan fingerprint density at radius 2 is 1.84 bits per heavy atom. The Bertz CT molecular complexity index is 751. The molecule has 1 atom stereocenters. The maximum absolute atomic E-state index is 13.1. The van der Waals surface area contributed by atoms with E-state index in [-0.39, 0.29) is 10.7 Å². The molecular weight excluding hydrogens is 375 g/mol. The molecule has 0 aromatic heterocycles. The quantitative estimate of drug-likeness (QED) is 0.687. The average Bonchev–Trinajstić information content (AvgIpc) is 2.56. The first-order valence-corrected chi connectivity index (χ1v) is 8.45. The normalized spacial score (nSPS) is 12.6. The number of carbonyl (C=O) groups excluding carboxylic acids is 1. The Morgan fingerprint density at radius 3 is 2.40 bits per heavy atom. The first kappa shape index (κ1) is 19.5. The molecule has 1 amide bonds. The molecule has 25 heavy (non-hydrogen) atoms. The van der Waals surface area contributed by atoms with Gasteiger partial charge in [0.25, 0.3) is 0 Å². The molecule has 0 aliphatic carbocycles. The summed E-state index contributed by atoms with van der Waals surface area (Å²) < 4.78 is 44.3. The van der Waals surface area contributed by atoms with Crippen LogP contribution in [-0.4, -0.2) is 18.3 Å². The lowest BCUT2D eigenvalue weighted by atomic mass is 10.1. The number of nitrogens with one attached hydrogen (secondary N) is 1. The number of benzene rings is 2. The summed E-state index contributed by atoms with van der Waals surface area (Å²) in [5.74, 6) is 0.145. The van der Waals surface area contributed by atoms with Gasteiger partial charge in [-0.1, -0.05) is 11.6 Å². The lowest BCUT2D eigenvalue weighted by Gasteiger charge is -2.16. The highest BCUT2D eigenvalue weighted by atomic mass is 35.5. The van der Waals surface area contributed by atoms with E-state index in [0.717, 1.165) is 17.0 Å². The Balaban J connectivity index is 2.10. The van der Waals surface area contributed by atoms with Gasteiger partial charge in [-0.2, -0.15) is 13.2 Å². The molecule has 0 fully saturated rings. The predicted octanol–water partition coefficient (Wildman–Crippen LogP) is 5.49. The molecule has 0 saturated heterocycles. The molecule has 0 spiro atoms. The van der Waals surface area contributed by atoms with Crippen molar-refractivity contribution < 1.29 is 22.7 Å². The van der Waals surface area contributed by atoms with Crippen molar-refractivity contribution in [1.29, 1.82) is 0 Å². The second-order valence-corrected chi connectivity index (χ2v) is 6.96. The van der Waals surface area contributed by atoms with E-state index in [1.807, 2.05) is 0 Å². The average molecular weight is 390 g/mol. The van der Waals surface area contributed by atoms with Crippen LogP contribution in [0.2, 0.25) is 5.02 Å². The second kappa shape index (κ2) is 8.01. The first-order chi connectivity index (χ1) is 11.7. The van der Waals surface area contributed by atoms with Gasteiger partial charge in [-0.15, -0.1) is 11.8 Å². The molecule has 0 heterocycles. The summed E-state index contributed by atoms with van der Waals surface area (Å²) in [4.78, 5) is 13.0. The first-order valence-electron chi connectivity index (χ1n) is 7.19. The molecule has 0 aliphatic heterocycles. The molecule has 1 N–H and O–H groups in total. The van der Waals surface area contributed by atoms with Crippen molar-refractivity contribution >= 4 is 35.0 Å². The van der Waals surface area contributed by atoms with Crippen molar-refractivity contribution in [2.45, 2.75) is 23.2 Å². The van der Waals surface area contributed by atoms with Crippen LogP contribution < -0.4 is 10.1 Å². The third-order valence-corrected chi connectivity index (χ3v) is 4.63. The summed E-state index contributed by atoms with van der Waals surface area (Å²) in [5.41, 5.74) is -1.29. The number of methoxy groups -OCH3 is 1. The molecule has 2 rings (SSSR count). The zero-order valence-electron chi connectivity index (χ0n) is 13.4. The Kier molecular flexibility index (Phi) is 6.24. The smallest absolute Gasteiger partial charge is 0.418 e. The fourth-order valence-corrected chi connectivity index (χ4v) is 3.05. The van der Waals surface area contributed by atoms with Crippen LogP contribution in [0.4, 0.5) is 18.9 Å². The maximum atomic E-state index is 13.1. The molecule has 0 bridgehead atoms. The van der Waals surface area contributed by atoms with Crippen LogP contribution in [0.25, 0.3) is 0 Å². The molecule has 2 aromatic rings. The van der Waals surface area contributed by atoms with E-state index in [4.69, 9.17) is 16.3 Å². The summed E-state index contributed by atoms with van der Waals surface area (Å²) in [5, 5.41) is 1.68. The van der Waals surface area contributed by atoms with Gasteiger partial charge < -0.3 is 10.1 Å². The van der Waals surface area contributed by atoms with Crippen LogP contribution in [-0.2, 0) is 11.0 Å².